The normalized spacial score (nSPS) is 10.0. The molecule has 0 N–H and O–H groups in total. The van der Waals surface area contributed by atoms with Crippen molar-refractivity contribution in [3.63, 3.8) is 0 Å². The first-order valence-corrected chi connectivity index (χ1v) is 4.54. The molecular formula is C9H16ClF. The Morgan fingerprint density at radius 1 is 1.09 bits per heavy atom. The Bertz CT molecular complexity index is 102. The summed E-state index contributed by atoms with van der Waals surface area (Å²) in [4.78, 5) is 0. The molecule has 0 aliphatic heterocycles. The molecule has 0 radical (unpaired) electrons. The molecule has 0 aromatic heterocycles. The van der Waals surface area contributed by atoms with Gasteiger partial charge in [0.25, 0.3) is 0 Å². The molecule has 0 atom stereocenters. The lowest BCUT2D eigenvalue weighted by molar-refractivity contribution is 0.451. The summed E-state index contributed by atoms with van der Waals surface area (Å²) in [7, 11) is 0. The minimum Gasteiger partial charge on any atom is -0.251 e. The Hall–Kier alpha value is -0.0400. The standard InChI is InChI=1S/C9H16ClF/c1-9(10)7-5-3-2-4-6-8-11/h1-8H2. The van der Waals surface area contributed by atoms with Gasteiger partial charge in [0.05, 0.1) is 6.67 Å². The molecule has 0 amide bonds. The molecule has 0 spiro atoms. The molecule has 66 valence electrons. The second kappa shape index (κ2) is 8.06. The van der Waals surface area contributed by atoms with Crippen LogP contribution >= 0.6 is 11.6 Å². The van der Waals surface area contributed by atoms with E-state index in [2.05, 4.69) is 6.58 Å². The minimum atomic E-state index is -0.178. The molecule has 0 unspecified atom stereocenters. The average Bonchev–Trinajstić information content (AvgIpc) is 1.96. The van der Waals surface area contributed by atoms with Crippen molar-refractivity contribution >= 4 is 11.6 Å². The summed E-state index contributed by atoms with van der Waals surface area (Å²) >= 11 is 5.56. The van der Waals surface area contributed by atoms with Gasteiger partial charge in [-0.15, -0.1) is 0 Å². The average molecular weight is 179 g/mol. The molecule has 0 saturated carbocycles. The Morgan fingerprint density at radius 2 is 1.64 bits per heavy atom. The lowest BCUT2D eigenvalue weighted by Gasteiger charge is -1.97. The summed E-state index contributed by atoms with van der Waals surface area (Å²) in [6, 6.07) is 0. The summed E-state index contributed by atoms with van der Waals surface area (Å²) in [5.74, 6) is 0. The summed E-state index contributed by atoms with van der Waals surface area (Å²) in [5, 5.41) is 0.732. The van der Waals surface area contributed by atoms with Gasteiger partial charge in [-0.05, 0) is 19.3 Å². The fourth-order valence-corrected chi connectivity index (χ4v) is 1.08. The van der Waals surface area contributed by atoms with Crippen LogP contribution in [-0.2, 0) is 0 Å². The van der Waals surface area contributed by atoms with E-state index in [0.717, 1.165) is 37.1 Å². The zero-order valence-electron chi connectivity index (χ0n) is 6.91. The van der Waals surface area contributed by atoms with Crippen molar-refractivity contribution in [1.29, 1.82) is 0 Å². The van der Waals surface area contributed by atoms with E-state index in [1.165, 1.54) is 0 Å². The molecule has 0 aromatic rings. The van der Waals surface area contributed by atoms with Crippen LogP contribution in [0.25, 0.3) is 0 Å². The Morgan fingerprint density at radius 3 is 2.18 bits per heavy atom. The predicted octanol–water partition coefficient (Wildman–Crippen LogP) is 4.05. The maximum atomic E-state index is 11.6. The third kappa shape index (κ3) is 9.96. The largest absolute Gasteiger partial charge is 0.251 e. The first-order valence-electron chi connectivity index (χ1n) is 4.16. The van der Waals surface area contributed by atoms with Crippen LogP contribution in [0, 0.1) is 0 Å². The van der Waals surface area contributed by atoms with Crippen molar-refractivity contribution in [3.8, 4) is 0 Å². The van der Waals surface area contributed by atoms with Crippen LogP contribution in [0.1, 0.15) is 38.5 Å². The van der Waals surface area contributed by atoms with Crippen molar-refractivity contribution in [1.82, 2.24) is 0 Å². The number of hydrogen-bond acceptors (Lipinski definition) is 0. The van der Waals surface area contributed by atoms with Crippen molar-refractivity contribution in [2.45, 2.75) is 38.5 Å². The number of rotatable bonds is 7. The van der Waals surface area contributed by atoms with Crippen molar-refractivity contribution < 1.29 is 4.39 Å². The zero-order chi connectivity index (χ0) is 8.53. The van der Waals surface area contributed by atoms with Crippen LogP contribution in [0.4, 0.5) is 4.39 Å². The van der Waals surface area contributed by atoms with Gasteiger partial charge < -0.3 is 0 Å². The Labute approximate surface area is 73.4 Å². The third-order valence-electron chi connectivity index (χ3n) is 1.58. The third-order valence-corrected chi connectivity index (χ3v) is 1.77. The van der Waals surface area contributed by atoms with Crippen LogP contribution in [0.5, 0.6) is 0 Å². The molecule has 0 aliphatic rings. The maximum absolute atomic E-state index is 11.6. The van der Waals surface area contributed by atoms with E-state index in [-0.39, 0.29) is 6.67 Å². The molecule has 0 aliphatic carbocycles. The van der Waals surface area contributed by atoms with Crippen LogP contribution < -0.4 is 0 Å². The number of allylic oxidation sites excluding steroid dienone is 1. The van der Waals surface area contributed by atoms with Gasteiger partial charge in [-0.1, -0.05) is 37.4 Å². The van der Waals surface area contributed by atoms with Crippen LogP contribution in [0.15, 0.2) is 11.6 Å². The van der Waals surface area contributed by atoms with Crippen molar-refractivity contribution in [2.24, 2.45) is 0 Å². The maximum Gasteiger partial charge on any atom is 0.0894 e. The highest BCUT2D eigenvalue weighted by Crippen LogP contribution is 2.11. The molecule has 0 nitrogen and oxygen atoms in total. The Kier molecular flexibility index (Phi) is 8.03. The summed E-state index contributed by atoms with van der Waals surface area (Å²) in [6.45, 7) is 3.42. The highest BCUT2D eigenvalue weighted by Gasteiger charge is 1.91. The SMILES string of the molecule is C=C(Cl)CCCCCCCF. The zero-order valence-corrected chi connectivity index (χ0v) is 7.67. The number of alkyl halides is 1. The smallest absolute Gasteiger partial charge is 0.0894 e. The van der Waals surface area contributed by atoms with Crippen molar-refractivity contribution in [3.05, 3.63) is 11.6 Å². The second-order valence-electron chi connectivity index (χ2n) is 2.72. The topological polar surface area (TPSA) is 0 Å². The van der Waals surface area contributed by atoms with Crippen LogP contribution in [0.3, 0.4) is 0 Å². The summed E-state index contributed by atoms with van der Waals surface area (Å²) < 4.78 is 11.6. The van der Waals surface area contributed by atoms with E-state index < -0.39 is 0 Å². The van der Waals surface area contributed by atoms with Crippen molar-refractivity contribution in [2.75, 3.05) is 6.67 Å². The summed E-state index contributed by atoms with van der Waals surface area (Å²) in [6.07, 6.45) is 5.97. The fourth-order valence-electron chi connectivity index (χ4n) is 0.942. The van der Waals surface area contributed by atoms with E-state index in [9.17, 15) is 4.39 Å². The van der Waals surface area contributed by atoms with Gasteiger partial charge in [0, 0.05) is 5.03 Å². The quantitative estimate of drug-likeness (QED) is 0.516. The van der Waals surface area contributed by atoms with Crippen LogP contribution in [0.2, 0.25) is 0 Å². The van der Waals surface area contributed by atoms with E-state index in [4.69, 9.17) is 11.6 Å². The fraction of sp³-hybridized carbons (Fsp3) is 0.778. The molecule has 0 rings (SSSR count). The first kappa shape index (κ1) is 11.0. The predicted molar refractivity (Wildman–Crippen MR) is 48.7 cm³/mol. The molecule has 0 heterocycles. The second-order valence-corrected chi connectivity index (χ2v) is 3.26. The monoisotopic (exact) mass is 178 g/mol. The molecule has 0 fully saturated rings. The van der Waals surface area contributed by atoms with E-state index in [0.29, 0.717) is 6.42 Å². The van der Waals surface area contributed by atoms with Gasteiger partial charge in [-0.3, -0.25) is 4.39 Å². The minimum absolute atomic E-state index is 0.178. The van der Waals surface area contributed by atoms with E-state index in [1.807, 2.05) is 0 Å². The Balaban J connectivity index is 2.85. The lowest BCUT2D eigenvalue weighted by atomic mass is 10.1. The molecule has 0 aromatic carbocycles. The molecule has 11 heavy (non-hydrogen) atoms. The molecule has 2 heteroatoms. The number of hydrogen-bond donors (Lipinski definition) is 0. The van der Waals surface area contributed by atoms with Gasteiger partial charge in [-0.25, -0.2) is 0 Å². The lowest BCUT2D eigenvalue weighted by Crippen LogP contribution is -1.80. The van der Waals surface area contributed by atoms with Gasteiger partial charge >= 0.3 is 0 Å². The molecule has 0 bridgehead atoms. The van der Waals surface area contributed by atoms with Gasteiger partial charge in [0.15, 0.2) is 0 Å². The number of unbranched alkanes of at least 4 members (excludes halogenated alkanes) is 4. The van der Waals surface area contributed by atoms with Crippen LogP contribution in [-0.4, -0.2) is 6.67 Å². The van der Waals surface area contributed by atoms with E-state index in [1.54, 1.807) is 0 Å². The van der Waals surface area contributed by atoms with Gasteiger partial charge in [0.1, 0.15) is 0 Å². The summed E-state index contributed by atoms with van der Waals surface area (Å²) in [5.41, 5.74) is 0. The van der Waals surface area contributed by atoms with Gasteiger partial charge in [-0.2, -0.15) is 0 Å². The highest BCUT2D eigenvalue weighted by atomic mass is 35.5. The van der Waals surface area contributed by atoms with Gasteiger partial charge in [0.2, 0.25) is 0 Å². The molecule has 0 saturated heterocycles. The first-order chi connectivity index (χ1) is 5.27. The number of halogens is 2. The highest BCUT2D eigenvalue weighted by molar-refractivity contribution is 6.29. The molecular weight excluding hydrogens is 163 g/mol. The van der Waals surface area contributed by atoms with E-state index >= 15 is 0 Å².